The van der Waals surface area contributed by atoms with Crippen molar-refractivity contribution in [3.63, 3.8) is 0 Å². The number of hydrogen-bond acceptors (Lipinski definition) is 5. The summed E-state index contributed by atoms with van der Waals surface area (Å²) in [6.07, 6.45) is 0. The lowest BCUT2D eigenvalue weighted by atomic mass is 10.2. The molecule has 1 aromatic carbocycles. The van der Waals surface area contributed by atoms with Crippen molar-refractivity contribution in [2.75, 3.05) is 0 Å². The van der Waals surface area contributed by atoms with Crippen molar-refractivity contribution in [2.45, 2.75) is 6.61 Å². The minimum absolute atomic E-state index is 0.221. The van der Waals surface area contributed by atoms with E-state index in [0.717, 1.165) is 0 Å². The summed E-state index contributed by atoms with van der Waals surface area (Å²) >= 11 is 0. The number of oxazole rings is 1. The third-order valence-electron chi connectivity index (χ3n) is 1.82. The van der Waals surface area contributed by atoms with E-state index >= 15 is 0 Å². The lowest BCUT2D eigenvalue weighted by Gasteiger charge is -1.89. The fraction of sp³-hybridized carbons (Fsp3) is 0.125. The van der Waals surface area contributed by atoms with E-state index in [1.807, 2.05) is 0 Å². The van der Waals surface area contributed by atoms with Gasteiger partial charge in [-0.3, -0.25) is 0 Å². The number of nitro groups is 1. The lowest BCUT2D eigenvalue weighted by Crippen LogP contribution is -1.87. The van der Waals surface area contributed by atoms with Gasteiger partial charge in [-0.2, -0.15) is 0 Å². The van der Waals surface area contributed by atoms with E-state index in [2.05, 4.69) is 4.98 Å². The molecule has 0 saturated heterocycles. The summed E-state index contributed by atoms with van der Waals surface area (Å²) in [4.78, 5) is 13.3. The SMILES string of the molecule is O=[N+]([O-])c1nc2c(CO)cccc2o1. The molecule has 0 bridgehead atoms. The van der Waals surface area contributed by atoms with Crippen LogP contribution >= 0.6 is 0 Å². The molecule has 2 aromatic rings. The van der Waals surface area contributed by atoms with E-state index in [0.29, 0.717) is 16.7 Å². The van der Waals surface area contributed by atoms with Gasteiger partial charge in [0.2, 0.25) is 5.52 Å². The van der Waals surface area contributed by atoms with Crippen molar-refractivity contribution in [1.29, 1.82) is 0 Å². The number of para-hydroxylation sites is 1. The van der Waals surface area contributed by atoms with Crippen LogP contribution in [0.3, 0.4) is 0 Å². The van der Waals surface area contributed by atoms with Crippen molar-refractivity contribution < 1.29 is 14.4 Å². The third kappa shape index (κ3) is 1.21. The molecule has 0 saturated carbocycles. The minimum Gasteiger partial charge on any atom is -0.392 e. The van der Waals surface area contributed by atoms with E-state index in [9.17, 15) is 10.1 Å². The van der Waals surface area contributed by atoms with Crippen LogP contribution in [0.15, 0.2) is 22.6 Å². The van der Waals surface area contributed by atoms with Gasteiger partial charge in [0.15, 0.2) is 5.58 Å². The first kappa shape index (κ1) is 8.64. The van der Waals surface area contributed by atoms with E-state index in [1.54, 1.807) is 18.2 Å². The Labute approximate surface area is 77.9 Å². The summed E-state index contributed by atoms with van der Waals surface area (Å²) in [5, 5.41) is 19.3. The first-order valence-corrected chi connectivity index (χ1v) is 3.86. The molecule has 1 heterocycles. The van der Waals surface area contributed by atoms with Crippen LogP contribution in [-0.4, -0.2) is 15.0 Å². The van der Waals surface area contributed by atoms with Crippen molar-refractivity contribution in [1.82, 2.24) is 4.98 Å². The minimum atomic E-state index is -0.707. The molecule has 0 aliphatic rings. The summed E-state index contributed by atoms with van der Waals surface area (Å²) in [5.74, 6) is 0. The lowest BCUT2D eigenvalue weighted by molar-refractivity contribution is -0.406. The highest BCUT2D eigenvalue weighted by Crippen LogP contribution is 2.23. The Morgan fingerprint density at radius 1 is 1.57 bits per heavy atom. The molecule has 6 heteroatoms. The monoisotopic (exact) mass is 194 g/mol. The first-order valence-electron chi connectivity index (χ1n) is 3.86. The normalized spacial score (nSPS) is 10.6. The molecule has 0 aliphatic heterocycles. The van der Waals surface area contributed by atoms with E-state index in [-0.39, 0.29) is 6.61 Å². The molecule has 0 spiro atoms. The number of fused-ring (bicyclic) bond motifs is 1. The van der Waals surface area contributed by atoms with Gasteiger partial charge < -0.3 is 19.6 Å². The van der Waals surface area contributed by atoms with Crippen LogP contribution in [0, 0.1) is 10.1 Å². The van der Waals surface area contributed by atoms with E-state index < -0.39 is 10.9 Å². The van der Waals surface area contributed by atoms with Crippen molar-refractivity contribution in [3.05, 3.63) is 33.9 Å². The summed E-state index contributed by atoms with van der Waals surface area (Å²) < 4.78 is 4.85. The number of rotatable bonds is 2. The van der Waals surface area contributed by atoms with Gasteiger partial charge in [-0.15, -0.1) is 0 Å². The van der Waals surface area contributed by atoms with Crippen molar-refractivity contribution >= 4 is 17.1 Å². The van der Waals surface area contributed by atoms with Gasteiger partial charge in [0.05, 0.1) is 6.61 Å². The Kier molecular flexibility index (Phi) is 1.90. The number of hydrogen-bond donors (Lipinski definition) is 1. The molecule has 1 aromatic heterocycles. The topological polar surface area (TPSA) is 89.4 Å². The predicted octanol–water partition coefficient (Wildman–Crippen LogP) is 1.23. The van der Waals surface area contributed by atoms with Crippen LogP contribution < -0.4 is 0 Å². The third-order valence-corrected chi connectivity index (χ3v) is 1.82. The molecule has 0 aliphatic carbocycles. The van der Waals surface area contributed by atoms with Gasteiger partial charge in [0.25, 0.3) is 0 Å². The predicted molar refractivity (Wildman–Crippen MR) is 46.6 cm³/mol. The van der Waals surface area contributed by atoms with Crippen LogP contribution in [0.2, 0.25) is 0 Å². The van der Waals surface area contributed by atoms with Crippen LogP contribution in [0.25, 0.3) is 11.1 Å². The molecule has 2 rings (SSSR count). The summed E-state index contributed by atoms with van der Waals surface area (Å²) in [7, 11) is 0. The van der Waals surface area contributed by atoms with Crippen molar-refractivity contribution in [2.24, 2.45) is 0 Å². The van der Waals surface area contributed by atoms with Crippen LogP contribution in [-0.2, 0) is 6.61 Å². The highest BCUT2D eigenvalue weighted by Gasteiger charge is 2.19. The summed E-state index contributed by atoms with van der Waals surface area (Å²) in [6, 6.07) is 4.28. The Morgan fingerprint density at radius 3 is 3.00 bits per heavy atom. The molecule has 0 fully saturated rings. The van der Waals surface area contributed by atoms with Gasteiger partial charge in [0, 0.05) is 15.5 Å². The standard InChI is InChI=1S/C8H6N2O4/c11-4-5-2-1-3-6-7(5)9-8(14-6)10(12)13/h1-3,11H,4H2. The maximum atomic E-state index is 10.4. The average Bonchev–Trinajstić information content (AvgIpc) is 2.60. The van der Waals surface area contributed by atoms with Gasteiger partial charge in [-0.05, 0) is 6.07 Å². The molecule has 6 nitrogen and oxygen atoms in total. The number of nitrogens with zero attached hydrogens (tertiary/aromatic N) is 2. The molecule has 0 atom stereocenters. The molecule has 0 radical (unpaired) electrons. The number of aliphatic hydroxyl groups excluding tert-OH is 1. The van der Waals surface area contributed by atoms with E-state index in [1.165, 1.54) is 0 Å². The van der Waals surface area contributed by atoms with Gasteiger partial charge in [-0.1, -0.05) is 12.1 Å². The largest absolute Gasteiger partial charge is 0.546 e. The highest BCUT2D eigenvalue weighted by molar-refractivity contribution is 5.77. The maximum absolute atomic E-state index is 10.4. The molecular weight excluding hydrogens is 188 g/mol. The first-order chi connectivity index (χ1) is 6.72. The number of aliphatic hydroxyl groups is 1. The second-order valence-electron chi connectivity index (χ2n) is 2.68. The molecule has 14 heavy (non-hydrogen) atoms. The second kappa shape index (κ2) is 3.08. The fourth-order valence-corrected chi connectivity index (χ4v) is 1.20. The van der Waals surface area contributed by atoms with Crippen LogP contribution in [0.1, 0.15) is 5.56 Å². The number of benzene rings is 1. The molecule has 72 valence electrons. The van der Waals surface area contributed by atoms with Gasteiger partial charge in [-0.25, -0.2) is 0 Å². The molecule has 1 N–H and O–H groups in total. The fourth-order valence-electron chi connectivity index (χ4n) is 1.20. The Hall–Kier alpha value is -1.95. The van der Waals surface area contributed by atoms with Crippen LogP contribution in [0.4, 0.5) is 6.01 Å². The summed E-state index contributed by atoms with van der Waals surface area (Å²) in [5.41, 5.74) is 1.16. The molecular formula is C8H6N2O4. The smallest absolute Gasteiger partial charge is 0.392 e. The van der Waals surface area contributed by atoms with Crippen LogP contribution in [0.5, 0.6) is 0 Å². The van der Waals surface area contributed by atoms with Gasteiger partial charge in [0.1, 0.15) is 0 Å². The number of aromatic nitrogens is 1. The Bertz CT molecular complexity index is 491. The molecule has 0 amide bonds. The zero-order valence-corrected chi connectivity index (χ0v) is 7.01. The zero-order chi connectivity index (χ0) is 10.1. The van der Waals surface area contributed by atoms with E-state index in [4.69, 9.17) is 9.52 Å². The molecule has 0 unspecified atom stereocenters. The highest BCUT2D eigenvalue weighted by atomic mass is 16.7. The van der Waals surface area contributed by atoms with Crippen molar-refractivity contribution in [3.8, 4) is 0 Å². The Morgan fingerprint density at radius 2 is 2.36 bits per heavy atom. The van der Waals surface area contributed by atoms with Gasteiger partial charge >= 0.3 is 6.01 Å². The Balaban J connectivity index is 2.70. The zero-order valence-electron chi connectivity index (χ0n) is 7.01. The second-order valence-corrected chi connectivity index (χ2v) is 2.68. The quantitative estimate of drug-likeness (QED) is 0.573. The summed E-state index contributed by atoms with van der Waals surface area (Å²) in [6.45, 7) is -0.221. The maximum Gasteiger partial charge on any atom is 0.546 e. The average molecular weight is 194 g/mol.